The minimum atomic E-state index is 0.0255. The molecule has 1 atom stereocenters. The molecular weight excluding hydrogens is 240 g/mol. The second-order valence-electron chi connectivity index (χ2n) is 3.13. The molecular formula is C11H13BrN2. The summed E-state index contributed by atoms with van der Waals surface area (Å²) in [6, 6.07) is 6.11. The zero-order valence-electron chi connectivity index (χ0n) is 8.05. The fourth-order valence-corrected chi connectivity index (χ4v) is 1.74. The van der Waals surface area contributed by atoms with Crippen molar-refractivity contribution in [2.75, 3.05) is 0 Å². The molecule has 0 saturated carbocycles. The van der Waals surface area contributed by atoms with Crippen molar-refractivity contribution >= 4 is 15.9 Å². The van der Waals surface area contributed by atoms with Crippen LogP contribution in [-0.2, 0) is 0 Å². The lowest BCUT2D eigenvalue weighted by Gasteiger charge is -2.16. The summed E-state index contributed by atoms with van der Waals surface area (Å²) in [5, 5.41) is 0. The van der Waals surface area contributed by atoms with Gasteiger partial charge in [0.25, 0.3) is 0 Å². The molecule has 3 heteroatoms. The average Bonchev–Trinajstić information content (AvgIpc) is 2.18. The minimum absolute atomic E-state index is 0.0255. The maximum atomic E-state index is 5.45. The van der Waals surface area contributed by atoms with Gasteiger partial charge in [0.15, 0.2) is 0 Å². The highest BCUT2D eigenvalue weighted by molar-refractivity contribution is 9.10. The summed E-state index contributed by atoms with van der Waals surface area (Å²) in [7, 11) is 0. The third-order valence-electron chi connectivity index (χ3n) is 2.14. The van der Waals surface area contributed by atoms with E-state index in [-0.39, 0.29) is 6.04 Å². The Balaban J connectivity index is 3.03. The molecule has 0 aliphatic heterocycles. The Kier molecular flexibility index (Phi) is 4.15. The third-order valence-corrected chi connectivity index (χ3v) is 2.63. The number of rotatable bonds is 3. The van der Waals surface area contributed by atoms with Crippen molar-refractivity contribution in [3.8, 4) is 12.3 Å². The van der Waals surface area contributed by atoms with Crippen LogP contribution in [0.15, 0.2) is 22.7 Å². The fourth-order valence-electron chi connectivity index (χ4n) is 1.36. The molecule has 74 valence electrons. The number of aryl methyl sites for hydroxylation is 1. The number of nitrogens with two attached hydrogens (primary N) is 1. The Bertz CT molecular complexity index is 355. The van der Waals surface area contributed by atoms with Gasteiger partial charge in [0.05, 0.1) is 6.04 Å². The number of hydrogen-bond donors (Lipinski definition) is 2. The van der Waals surface area contributed by atoms with E-state index in [4.69, 9.17) is 12.3 Å². The fraction of sp³-hybridized carbons (Fsp3) is 0.273. The summed E-state index contributed by atoms with van der Waals surface area (Å²) in [4.78, 5) is 0. The monoisotopic (exact) mass is 252 g/mol. The van der Waals surface area contributed by atoms with Crippen LogP contribution in [-0.4, -0.2) is 0 Å². The average molecular weight is 253 g/mol. The highest BCUT2D eigenvalue weighted by Crippen LogP contribution is 2.23. The lowest BCUT2D eigenvalue weighted by molar-refractivity contribution is 0.565. The Morgan fingerprint density at radius 2 is 2.36 bits per heavy atom. The molecule has 14 heavy (non-hydrogen) atoms. The molecule has 1 unspecified atom stereocenters. The van der Waals surface area contributed by atoms with Crippen molar-refractivity contribution in [3.05, 3.63) is 33.8 Å². The predicted molar refractivity (Wildman–Crippen MR) is 62.4 cm³/mol. The van der Waals surface area contributed by atoms with Gasteiger partial charge in [0.1, 0.15) is 0 Å². The standard InChI is InChI=1S/C11H13BrN2/c1-3-4-11(14-13)10-7-9(12)6-5-8(10)2/h1,5-7,11,14H,4,13H2,2H3. The van der Waals surface area contributed by atoms with E-state index < -0.39 is 0 Å². The quantitative estimate of drug-likeness (QED) is 0.492. The zero-order chi connectivity index (χ0) is 10.6. The van der Waals surface area contributed by atoms with Gasteiger partial charge in [-0.15, -0.1) is 12.3 Å². The van der Waals surface area contributed by atoms with Crippen LogP contribution in [0.3, 0.4) is 0 Å². The van der Waals surface area contributed by atoms with Crippen LogP contribution < -0.4 is 11.3 Å². The van der Waals surface area contributed by atoms with E-state index in [1.165, 1.54) is 5.56 Å². The third kappa shape index (κ3) is 2.58. The van der Waals surface area contributed by atoms with Crippen molar-refractivity contribution in [2.24, 2.45) is 5.84 Å². The van der Waals surface area contributed by atoms with E-state index >= 15 is 0 Å². The molecule has 0 saturated heterocycles. The van der Waals surface area contributed by atoms with Gasteiger partial charge in [-0.3, -0.25) is 11.3 Å². The lowest BCUT2D eigenvalue weighted by atomic mass is 10.00. The number of halogens is 1. The van der Waals surface area contributed by atoms with E-state index in [2.05, 4.69) is 27.3 Å². The Morgan fingerprint density at radius 1 is 1.64 bits per heavy atom. The first kappa shape index (κ1) is 11.3. The topological polar surface area (TPSA) is 38.0 Å². The van der Waals surface area contributed by atoms with Crippen LogP contribution in [0.25, 0.3) is 0 Å². The summed E-state index contributed by atoms with van der Waals surface area (Å²) < 4.78 is 1.04. The number of benzene rings is 1. The van der Waals surface area contributed by atoms with Crippen molar-refractivity contribution in [3.63, 3.8) is 0 Å². The van der Waals surface area contributed by atoms with Crippen LogP contribution in [0.4, 0.5) is 0 Å². The number of hydrazine groups is 1. The molecule has 0 aromatic heterocycles. The molecule has 1 aromatic rings. The van der Waals surface area contributed by atoms with Gasteiger partial charge in [-0.1, -0.05) is 22.0 Å². The first-order chi connectivity index (χ1) is 6.69. The molecule has 0 radical (unpaired) electrons. The first-order valence-corrected chi connectivity index (χ1v) is 5.14. The molecule has 2 nitrogen and oxygen atoms in total. The SMILES string of the molecule is C#CCC(NN)c1cc(Br)ccc1C. The van der Waals surface area contributed by atoms with Crippen LogP contribution in [0, 0.1) is 19.3 Å². The Hall–Kier alpha value is -0.820. The largest absolute Gasteiger partial charge is 0.271 e. The summed E-state index contributed by atoms with van der Waals surface area (Å²) >= 11 is 3.42. The Labute approximate surface area is 93.0 Å². The highest BCUT2D eigenvalue weighted by atomic mass is 79.9. The van der Waals surface area contributed by atoms with E-state index in [0.717, 1.165) is 10.0 Å². The molecule has 1 rings (SSSR count). The van der Waals surface area contributed by atoms with Crippen molar-refractivity contribution in [1.82, 2.24) is 5.43 Å². The van der Waals surface area contributed by atoms with Gasteiger partial charge >= 0.3 is 0 Å². The van der Waals surface area contributed by atoms with E-state index in [0.29, 0.717) is 6.42 Å². The summed E-state index contributed by atoms with van der Waals surface area (Å²) in [6.07, 6.45) is 5.86. The Morgan fingerprint density at radius 3 is 2.93 bits per heavy atom. The summed E-state index contributed by atoms with van der Waals surface area (Å²) in [5.74, 6) is 8.06. The van der Waals surface area contributed by atoms with Crippen LogP contribution in [0.2, 0.25) is 0 Å². The van der Waals surface area contributed by atoms with Crippen LogP contribution in [0.1, 0.15) is 23.6 Å². The number of nitrogens with one attached hydrogen (secondary N) is 1. The molecule has 0 aliphatic rings. The van der Waals surface area contributed by atoms with Crippen LogP contribution >= 0.6 is 15.9 Å². The van der Waals surface area contributed by atoms with Gasteiger partial charge in [0.2, 0.25) is 0 Å². The van der Waals surface area contributed by atoms with E-state index in [1.54, 1.807) is 0 Å². The van der Waals surface area contributed by atoms with Gasteiger partial charge in [-0.05, 0) is 30.2 Å². The molecule has 1 aromatic carbocycles. The molecule has 0 spiro atoms. The summed E-state index contributed by atoms with van der Waals surface area (Å²) in [5.41, 5.74) is 5.05. The number of hydrogen-bond acceptors (Lipinski definition) is 2. The van der Waals surface area contributed by atoms with E-state index in [1.807, 2.05) is 25.1 Å². The maximum absolute atomic E-state index is 5.45. The molecule has 3 N–H and O–H groups in total. The van der Waals surface area contributed by atoms with Gasteiger partial charge in [-0.25, -0.2) is 0 Å². The zero-order valence-corrected chi connectivity index (χ0v) is 9.64. The van der Waals surface area contributed by atoms with E-state index in [9.17, 15) is 0 Å². The predicted octanol–water partition coefficient (Wildman–Crippen LogP) is 2.29. The lowest BCUT2D eigenvalue weighted by Crippen LogP contribution is -2.28. The highest BCUT2D eigenvalue weighted by Gasteiger charge is 2.10. The smallest absolute Gasteiger partial charge is 0.0572 e. The van der Waals surface area contributed by atoms with Crippen molar-refractivity contribution < 1.29 is 0 Å². The van der Waals surface area contributed by atoms with Gasteiger partial charge in [-0.2, -0.15) is 0 Å². The van der Waals surface area contributed by atoms with Crippen LogP contribution in [0.5, 0.6) is 0 Å². The molecule has 0 fully saturated rings. The van der Waals surface area contributed by atoms with Crippen molar-refractivity contribution in [2.45, 2.75) is 19.4 Å². The molecule has 0 amide bonds. The first-order valence-electron chi connectivity index (χ1n) is 4.34. The second kappa shape index (κ2) is 5.16. The second-order valence-corrected chi connectivity index (χ2v) is 4.04. The number of terminal acetylenes is 1. The van der Waals surface area contributed by atoms with Crippen molar-refractivity contribution in [1.29, 1.82) is 0 Å². The maximum Gasteiger partial charge on any atom is 0.0572 e. The normalized spacial score (nSPS) is 12.1. The molecule has 0 heterocycles. The minimum Gasteiger partial charge on any atom is -0.271 e. The molecule has 0 aliphatic carbocycles. The van der Waals surface area contributed by atoms with Gasteiger partial charge in [0, 0.05) is 10.9 Å². The summed E-state index contributed by atoms with van der Waals surface area (Å²) in [6.45, 7) is 2.04. The van der Waals surface area contributed by atoms with Gasteiger partial charge < -0.3 is 0 Å². The molecule has 0 bridgehead atoms.